The maximum Gasteiger partial charge on any atom is 0.410 e. The highest BCUT2D eigenvalue weighted by molar-refractivity contribution is 5.77. The van der Waals surface area contributed by atoms with Crippen LogP contribution >= 0.6 is 0 Å². The van der Waals surface area contributed by atoms with Gasteiger partial charge in [-0.3, -0.25) is 9.69 Å². The van der Waals surface area contributed by atoms with E-state index in [9.17, 15) is 9.59 Å². The lowest BCUT2D eigenvalue weighted by atomic mass is 10.2. The van der Waals surface area contributed by atoms with E-state index in [4.69, 9.17) is 9.84 Å². The molecule has 1 saturated carbocycles. The van der Waals surface area contributed by atoms with E-state index in [1.54, 1.807) is 0 Å². The van der Waals surface area contributed by atoms with E-state index in [-0.39, 0.29) is 12.6 Å². The molecule has 1 aliphatic carbocycles. The minimum absolute atomic E-state index is 0.0631. The van der Waals surface area contributed by atoms with Crippen LogP contribution in [0.4, 0.5) is 4.79 Å². The third-order valence-corrected chi connectivity index (χ3v) is 2.38. The quantitative estimate of drug-likeness (QED) is 0.686. The van der Waals surface area contributed by atoms with Gasteiger partial charge in [-0.05, 0) is 18.8 Å². The zero-order chi connectivity index (χ0) is 9.42. The molecule has 0 radical (unpaired) electrons. The van der Waals surface area contributed by atoms with Gasteiger partial charge in [0, 0.05) is 0 Å². The Bertz CT molecular complexity index is 249. The van der Waals surface area contributed by atoms with Crippen LogP contribution in [0.3, 0.4) is 0 Å². The van der Waals surface area contributed by atoms with Crippen LogP contribution in [0.2, 0.25) is 0 Å². The third kappa shape index (κ3) is 1.74. The summed E-state index contributed by atoms with van der Waals surface area (Å²) in [6.45, 7) is 0.192. The Morgan fingerprint density at radius 3 is 2.85 bits per heavy atom. The molecule has 5 nitrogen and oxygen atoms in total. The van der Waals surface area contributed by atoms with E-state index in [1.807, 2.05) is 0 Å². The lowest BCUT2D eigenvalue weighted by Crippen LogP contribution is -2.31. The standard InChI is InChI=1S/C8H11NO4/c10-7(11)4-9-3-6(5-1-2-5)13-8(9)12/h5-6H,1-4H2,(H,10,11). The largest absolute Gasteiger partial charge is 0.480 e. The summed E-state index contributed by atoms with van der Waals surface area (Å²) < 4.78 is 5.02. The van der Waals surface area contributed by atoms with Crippen LogP contribution in [0.25, 0.3) is 0 Å². The van der Waals surface area contributed by atoms with Crippen LogP contribution in [0, 0.1) is 5.92 Å². The number of cyclic esters (lactones) is 1. The highest BCUT2D eigenvalue weighted by Crippen LogP contribution is 2.36. The van der Waals surface area contributed by atoms with E-state index in [1.165, 1.54) is 4.90 Å². The summed E-state index contributed by atoms with van der Waals surface area (Å²) >= 11 is 0. The van der Waals surface area contributed by atoms with Gasteiger partial charge in [-0.25, -0.2) is 4.79 Å². The van der Waals surface area contributed by atoms with Crippen molar-refractivity contribution in [2.45, 2.75) is 18.9 Å². The van der Waals surface area contributed by atoms with E-state index in [2.05, 4.69) is 0 Å². The van der Waals surface area contributed by atoms with Crippen molar-refractivity contribution in [1.29, 1.82) is 0 Å². The van der Waals surface area contributed by atoms with Crippen LogP contribution in [-0.2, 0) is 9.53 Å². The van der Waals surface area contributed by atoms with E-state index < -0.39 is 12.1 Å². The molecule has 2 aliphatic rings. The number of hydrogen-bond donors (Lipinski definition) is 1. The monoisotopic (exact) mass is 185 g/mol. The maximum absolute atomic E-state index is 11.1. The van der Waals surface area contributed by atoms with Crippen molar-refractivity contribution < 1.29 is 19.4 Å². The van der Waals surface area contributed by atoms with Crippen molar-refractivity contribution in [2.75, 3.05) is 13.1 Å². The predicted octanol–water partition coefficient (Wildman–Crippen LogP) is 0.302. The van der Waals surface area contributed by atoms with Gasteiger partial charge in [-0.1, -0.05) is 0 Å². The molecule has 1 unspecified atom stereocenters. The van der Waals surface area contributed by atoms with Gasteiger partial charge in [0.15, 0.2) is 0 Å². The number of carbonyl (C=O) groups is 2. The van der Waals surface area contributed by atoms with Crippen molar-refractivity contribution in [2.24, 2.45) is 5.92 Å². The fraction of sp³-hybridized carbons (Fsp3) is 0.750. The molecule has 0 aromatic carbocycles. The van der Waals surface area contributed by atoms with Gasteiger partial charge < -0.3 is 9.84 Å². The van der Waals surface area contributed by atoms with E-state index >= 15 is 0 Å². The second kappa shape index (κ2) is 2.90. The summed E-state index contributed by atoms with van der Waals surface area (Å²) in [6, 6.07) is 0. The van der Waals surface area contributed by atoms with E-state index in [0.717, 1.165) is 12.8 Å². The van der Waals surface area contributed by atoms with E-state index in [0.29, 0.717) is 12.5 Å². The molecule has 72 valence electrons. The van der Waals surface area contributed by atoms with Gasteiger partial charge in [0.05, 0.1) is 6.54 Å². The van der Waals surface area contributed by atoms with Crippen molar-refractivity contribution in [1.82, 2.24) is 4.90 Å². The zero-order valence-electron chi connectivity index (χ0n) is 7.10. The maximum atomic E-state index is 11.1. The van der Waals surface area contributed by atoms with Crippen LogP contribution in [0.5, 0.6) is 0 Å². The first-order valence-corrected chi connectivity index (χ1v) is 4.34. The van der Waals surface area contributed by atoms with Crippen molar-refractivity contribution in [3.05, 3.63) is 0 Å². The summed E-state index contributed by atoms with van der Waals surface area (Å²) in [5, 5.41) is 8.48. The lowest BCUT2D eigenvalue weighted by molar-refractivity contribution is -0.137. The first-order valence-electron chi connectivity index (χ1n) is 4.34. The van der Waals surface area contributed by atoms with Gasteiger partial charge in [0.1, 0.15) is 12.6 Å². The number of amides is 1. The lowest BCUT2D eigenvalue weighted by Gasteiger charge is -2.08. The highest BCUT2D eigenvalue weighted by Gasteiger charge is 2.41. The Morgan fingerprint density at radius 2 is 2.31 bits per heavy atom. The van der Waals surface area contributed by atoms with Gasteiger partial charge >= 0.3 is 12.1 Å². The van der Waals surface area contributed by atoms with Crippen molar-refractivity contribution in [3.8, 4) is 0 Å². The second-order valence-corrected chi connectivity index (χ2v) is 3.53. The summed E-state index contributed by atoms with van der Waals surface area (Å²) in [5.41, 5.74) is 0. The molecule has 1 N–H and O–H groups in total. The zero-order valence-corrected chi connectivity index (χ0v) is 7.10. The molecule has 0 bridgehead atoms. The molecule has 1 saturated heterocycles. The Kier molecular flexibility index (Phi) is 1.86. The first kappa shape index (κ1) is 8.34. The Hall–Kier alpha value is -1.26. The topological polar surface area (TPSA) is 66.8 Å². The molecule has 0 aromatic heterocycles. The number of aliphatic carboxylic acids is 1. The van der Waals surface area contributed by atoms with Crippen molar-refractivity contribution >= 4 is 12.1 Å². The summed E-state index contributed by atoms with van der Waals surface area (Å²) in [7, 11) is 0. The molecule has 2 rings (SSSR count). The summed E-state index contributed by atoms with van der Waals surface area (Å²) in [6.07, 6.45) is 1.64. The number of rotatable bonds is 3. The Balaban J connectivity index is 1.90. The molecule has 2 fully saturated rings. The van der Waals surface area contributed by atoms with Gasteiger partial charge in [-0.2, -0.15) is 0 Å². The van der Waals surface area contributed by atoms with Gasteiger partial charge in [-0.15, -0.1) is 0 Å². The minimum Gasteiger partial charge on any atom is -0.480 e. The SMILES string of the molecule is O=C(O)CN1CC(C2CC2)OC1=O. The molecular weight excluding hydrogens is 174 g/mol. The van der Waals surface area contributed by atoms with Crippen LogP contribution in [0.1, 0.15) is 12.8 Å². The van der Waals surface area contributed by atoms with Crippen LogP contribution in [-0.4, -0.2) is 41.3 Å². The molecular formula is C8H11NO4. The van der Waals surface area contributed by atoms with Gasteiger partial charge in [0.25, 0.3) is 0 Å². The Labute approximate surface area is 75.3 Å². The summed E-state index contributed by atoms with van der Waals surface area (Å²) in [5.74, 6) is -0.517. The minimum atomic E-state index is -0.992. The van der Waals surface area contributed by atoms with Crippen LogP contribution in [0.15, 0.2) is 0 Å². The molecule has 5 heteroatoms. The molecule has 1 amide bonds. The number of nitrogens with zero attached hydrogens (tertiary/aromatic N) is 1. The second-order valence-electron chi connectivity index (χ2n) is 3.53. The number of carboxylic acids is 1. The molecule has 0 aromatic rings. The third-order valence-electron chi connectivity index (χ3n) is 2.38. The average molecular weight is 185 g/mol. The number of carbonyl (C=O) groups excluding carboxylic acids is 1. The van der Waals surface area contributed by atoms with Crippen LogP contribution < -0.4 is 0 Å². The normalized spacial score (nSPS) is 27.5. The number of hydrogen-bond acceptors (Lipinski definition) is 3. The predicted molar refractivity (Wildman–Crippen MR) is 42.2 cm³/mol. The molecule has 1 aliphatic heterocycles. The highest BCUT2D eigenvalue weighted by atomic mass is 16.6. The average Bonchev–Trinajstić information content (AvgIpc) is 2.79. The van der Waals surface area contributed by atoms with Gasteiger partial charge in [0.2, 0.25) is 0 Å². The summed E-state index contributed by atoms with van der Waals surface area (Å²) in [4.78, 5) is 22.7. The molecule has 1 atom stereocenters. The number of ether oxygens (including phenoxy) is 1. The fourth-order valence-electron chi connectivity index (χ4n) is 1.54. The van der Waals surface area contributed by atoms with Crippen molar-refractivity contribution in [3.63, 3.8) is 0 Å². The number of carboxylic acid groups (broad SMARTS) is 1. The molecule has 1 heterocycles. The molecule has 13 heavy (non-hydrogen) atoms. The fourth-order valence-corrected chi connectivity index (χ4v) is 1.54. The molecule has 0 spiro atoms. The first-order chi connectivity index (χ1) is 6.16. The Morgan fingerprint density at radius 1 is 1.62 bits per heavy atom. The smallest absolute Gasteiger partial charge is 0.410 e.